The van der Waals surface area contributed by atoms with Crippen LogP contribution in [0.2, 0.25) is 0 Å². The van der Waals surface area contributed by atoms with Gasteiger partial charge < -0.3 is 10.4 Å². The Hall–Kier alpha value is -2.56. The number of benzene rings is 3. The van der Waals surface area contributed by atoms with Crippen molar-refractivity contribution in [3.63, 3.8) is 0 Å². The maximum atomic E-state index is 12.0. The molecule has 3 aromatic carbocycles. The van der Waals surface area contributed by atoms with Gasteiger partial charge in [-0.1, -0.05) is 54.6 Å². The van der Waals surface area contributed by atoms with E-state index in [1.165, 1.54) is 11.0 Å². The largest absolute Gasteiger partial charge is 0.387 e. The lowest BCUT2D eigenvalue weighted by Crippen LogP contribution is -2.26. The number of rotatable bonds is 6. The van der Waals surface area contributed by atoms with Gasteiger partial charge >= 0.3 is 0 Å². The van der Waals surface area contributed by atoms with Gasteiger partial charge in [0.2, 0.25) is 5.91 Å². The molecule has 3 nitrogen and oxygen atoms in total. The fourth-order valence-corrected chi connectivity index (χ4v) is 3.20. The summed E-state index contributed by atoms with van der Waals surface area (Å²) in [5.74, 6) is -0.224. The van der Waals surface area contributed by atoms with Crippen molar-refractivity contribution in [2.45, 2.75) is 11.0 Å². The number of aliphatic hydroxyl groups excluding tert-OH is 1. The molecule has 0 aliphatic rings. The molecule has 4 heteroatoms. The topological polar surface area (TPSA) is 49.3 Å². The summed E-state index contributed by atoms with van der Waals surface area (Å²) in [5.41, 5.74) is 1.78. The molecule has 26 heavy (non-hydrogen) atoms. The minimum absolute atomic E-state index is 0.169. The lowest BCUT2D eigenvalue weighted by Gasteiger charge is -2.14. The van der Waals surface area contributed by atoms with Crippen LogP contribution in [-0.4, -0.2) is 23.8 Å². The van der Waals surface area contributed by atoms with E-state index in [9.17, 15) is 9.90 Å². The summed E-state index contributed by atoms with van der Waals surface area (Å²) in [4.78, 5) is 13.2. The SMILES string of the molecule is CSc1ccc(/C=C/C(=O)NCC(O)c2cccc3ccccc23)cc1. The summed E-state index contributed by atoms with van der Waals surface area (Å²) >= 11 is 1.68. The van der Waals surface area contributed by atoms with Crippen LogP contribution in [-0.2, 0) is 4.79 Å². The zero-order valence-corrected chi connectivity index (χ0v) is 15.4. The summed E-state index contributed by atoms with van der Waals surface area (Å²) in [5, 5.41) is 15.3. The number of amides is 1. The smallest absolute Gasteiger partial charge is 0.244 e. The van der Waals surface area contributed by atoms with Gasteiger partial charge in [0.25, 0.3) is 0 Å². The first kappa shape index (κ1) is 18.2. The van der Waals surface area contributed by atoms with Crippen LogP contribution in [0.3, 0.4) is 0 Å². The first-order valence-electron chi connectivity index (χ1n) is 8.43. The van der Waals surface area contributed by atoms with Crippen molar-refractivity contribution in [1.82, 2.24) is 5.32 Å². The van der Waals surface area contributed by atoms with Gasteiger partial charge in [-0.2, -0.15) is 0 Å². The van der Waals surface area contributed by atoms with Gasteiger partial charge in [0.05, 0.1) is 6.10 Å². The van der Waals surface area contributed by atoms with E-state index >= 15 is 0 Å². The Morgan fingerprint density at radius 3 is 2.58 bits per heavy atom. The minimum Gasteiger partial charge on any atom is -0.387 e. The van der Waals surface area contributed by atoms with E-state index in [2.05, 4.69) is 5.32 Å². The van der Waals surface area contributed by atoms with E-state index < -0.39 is 6.10 Å². The minimum atomic E-state index is -0.751. The third-order valence-corrected chi connectivity index (χ3v) is 4.94. The second kappa shape index (κ2) is 8.70. The molecule has 0 spiro atoms. The van der Waals surface area contributed by atoms with E-state index in [-0.39, 0.29) is 12.5 Å². The fourth-order valence-electron chi connectivity index (χ4n) is 2.79. The van der Waals surface area contributed by atoms with Gasteiger partial charge in [-0.15, -0.1) is 11.8 Å². The quantitative estimate of drug-likeness (QED) is 0.503. The van der Waals surface area contributed by atoms with Crippen LogP contribution in [0.1, 0.15) is 17.2 Å². The summed E-state index contributed by atoms with van der Waals surface area (Å²) in [6.45, 7) is 0.169. The summed E-state index contributed by atoms with van der Waals surface area (Å²) in [6, 6.07) is 21.7. The molecule has 1 amide bonds. The summed E-state index contributed by atoms with van der Waals surface area (Å²) in [7, 11) is 0. The molecule has 3 aromatic rings. The standard InChI is InChI=1S/C22H21NO2S/c1-26-18-12-9-16(10-13-18)11-14-22(25)23-15-21(24)20-8-4-6-17-5-2-3-7-19(17)20/h2-14,21,24H,15H2,1H3,(H,23,25)/b14-11+. The van der Waals surface area contributed by atoms with E-state index in [4.69, 9.17) is 0 Å². The van der Waals surface area contributed by atoms with Crippen molar-refractivity contribution in [3.05, 3.63) is 83.9 Å². The first-order valence-corrected chi connectivity index (χ1v) is 9.65. The van der Waals surface area contributed by atoms with Crippen LogP contribution in [0.25, 0.3) is 16.8 Å². The Morgan fingerprint density at radius 2 is 1.81 bits per heavy atom. The maximum Gasteiger partial charge on any atom is 0.244 e. The molecule has 0 bridgehead atoms. The van der Waals surface area contributed by atoms with Gasteiger partial charge in [-0.05, 0) is 46.4 Å². The predicted molar refractivity (Wildman–Crippen MR) is 109 cm³/mol. The number of fused-ring (bicyclic) bond motifs is 1. The van der Waals surface area contributed by atoms with Crippen molar-refractivity contribution >= 4 is 34.5 Å². The summed E-state index contributed by atoms with van der Waals surface area (Å²) in [6.07, 6.45) is 4.53. The molecule has 0 saturated carbocycles. The number of nitrogens with one attached hydrogen (secondary N) is 1. The predicted octanol–water partition coefficient (Wildman–Crippen LogP) is 4.42. The highest BCUT2D eigenvalue weighted by Crippen LogP contribution is 2.23. The molecule has 0 aliphatic heterocycles. The van der Waals surface area contributed by atoms with Gasteiger partial charge in [0.1, 0.15) is 0 Å². The van der Waals surface area contributed by atoms with Gasteiger partial charge in [0.15, 0.2) is 0 Å². The number of thioether (sulfide) groups is 1. The van der Waals surface area contributed by atoms with E-state index in [0.29, 0.717) is 0 Å². The second-order valence-corrected chi connectivity index (χ2v) is 6.82. The Balaban J connectivity index is 1.60. The molecule has 0 radical (unpaired) electrons. The number of hydrogen-bond donors (Lipinski definition) is 2. The highest BCUT2D eigenvalue weighted by molar-refractivity contribution is 7.98. The van der Waals surface area contributed by atoms with Crippen LogP contribution < -0.4 is 5.32 Å². The second-order valence-electron chi connectivity index (χ2n) is 5.94. The molecule has 1 atom stereocenters. The van der Waals surface area contributed by atoms with Crippen molar-refractivity contribution in [1.29, 1.82) is 0 Å². The monoisotopic (exact) mass is 363 g/mol. The van der Waals surface area contributed by atoms with Gasteiger partial charge in [0, 0.05) is 17.5 Å². The lowest BCUT2D eigenvalue weighted by molar-refractivity contribution is -0.116. The Labute approximate surface area is 157 Å². The molecular weight excluding hydrogens is 342 g/mol. The average molecular weight is 363 g/mol. The van der Waals surface area contributed by atoms with E-state index in [1.54, 1.807) is 17.8 Å². The number of hydrogen-bond acceptors (Lipinski definition) is 3. The number of carbonyl (C=O) groups excluding carboxylic acids is 1. The zero-order valence-electron chi connectivity index (χ0n) is 14.6. The molecule has 0 aromatic heterocycles. The van der Waals surface area contributed by atoms with Crippen LogP contribution in [0, 0.1) is 0 Å². The van der Waals surface area contributed by atoms with Crippen LogP contribution in [0.4, 0.5) is 0 Å². The number of carbonyl (C=O) groups is 1. The van der Waals surface area contributed by atoms with Crippen molar-refractivity contribution in [2.75, 3.05) is 12.8 Å². The maximum absolute atomic E-state index is 12.0. The van der Waals surface area contributed by atoms with Gasteiger partial charge in [-0.3, -0.25) is 4.79 Å². The molecule has 1 unspecified atom stereocenters. The normalized spacial score (nSPS) is 12.4. The van der Waals surface area contributed by atoms with Crippen LogP contribution in [0.15, 0.2) is 77.7 Å². The zero-order chi connectivity index (χ0) is 18.4. The third-order valence-electron chi connectivity index (χ3n) is 4.19. The van der Waals surface area contributed by atoms with Gasteiger partial charge in [-0.25, -0.2) is 0 Å². The number of aliphatic hydroxyl groups is 1. The molecule has 0 aliphatic carbocycles. The Bertz CT molecular complexity index is 914. The first-order chi connectivity index (χ1) is 12.7. The molecule has 0 fully saturated rings. The molecule has 132 valence electrons. The molecule has 0 saturated heterocycles. The molecular formula is C22H21NO2S. The Kier molecular flexibility index (Phi) is 6.10. The van der Waals surface area contributed by atoms with Crippen molar-refractivity contribution in [3.8, 4) is 0 Å². The highest BCUT2D eigenvalue weighted by atomic mass is 32.2. The van der Waals surface area contributed by atoms with E-state index in [0.717, 1.165) is 21.9 Å². The van der Waals surface area contributed by atoms with Crippen LogP contribution >= 0.6 is 11.8 Å². The highest BCUT2D eigenvalue weighted by Gasteiger charge is 2.11. The third kappa shape index (κ3) is 4.54. The average Bonchev–Trinajstić information content (AvgIpc) is 2.70. The van der Waals surface area contributed by atoms with Crippen molar-refractivity contribution < 1.29 is 9.90 Å². The molecule has 0 heterocycles. The fraction of sp³-hybridized carbons (Fsp3) is 0.136. The summed E-state index contributed by atoms with van der Waals surface area (Å²) < 4.78 is 0. The molecule has 3 rings (SSSR count). The van der Waals surface area contributed by atoms with Crippen LogP contribution in [0.5, 0.6) is 0 Å². The molecule has 2 N–H and O–H groups in total. The van der Waals surface area contributed by atoms with E-state index in [1.807, 2.05) is 73.0 Å². The van der Waals surface area contributed by atoms with Crippen molar-refractivity contribution in [2.24, 2.45) is 0 Å². The Morgan fingerprint density at radius 1 is 1.08 bits per heavy atom. The lowest BCUT2D eigenvalue weighted by atomic mass is 10.0.